The normalized spacial score (nSPS) is 10.5. The number of aryl methyl sites for hydroxylation is 2. The summed E-state index contributed by atoms with van der Waals surface area (Å²) in [5.41, 5.74) is 1.36. The molecule has 22 heavy (non-hydrogen) atoms. The van der Waals surface area contributed by atoms with E-state index >= 15 is 0 Å². The van der Waals surface area contributed by atoms with Crippen molar-refractivity contribution in [2.75, 3.05) is 11.9 Å². The standard InChI is InChI=1S/C15H17BrN2O3S/c1-4-18-8-10(16)7-11(18)14(19)17-12-6-9(3)13(22-12)15(20)21-5-2/h6-8H,4-5H2,1-3H3,(H,17,19). The number of esters is 1. The topological polar surface area (TPSA) is 60.3 Å². The van der Waals surface area contributed by atoms with Crippen molar-refractivity contribution in [2.24, 2.45) is 0 Å². The highest BCUT2D eigenvalue weighted by Gasteiger charge is 2.18. The first-order valence-corrected chi connectivity index (χ1v) is 8.51. The van der Waals surface area contributed by atoms with E-state index in [0.29, 0.717) is 28.7 Å². The number of aromatic nitrogens is 1. The van der Waals surface area contributed by atoms with Crippen molar-refractivity contribution in [2.45, 2.75) is 27.3 Å². The summed E-state index contributed by atoms with van der Waals surface area (Å²) in [5.74, 6) is -0.561. The van der Waals surface area contributed by atoms with Crippen LogP contribution in [0.1, 0.15) is 39.6 Å². The second kappa shape index (κ2) is 7.11. The molecular formula is C15H17BrN2O3S. The molecule has 2 rings (SSSR count). The van der Waals surface area contributed by atoms with E-state index in [-0.39, 0.29) is 11.9 Å². The van der Waals surface area contributed by atoms with Crippen LogP contribution in [0.3, 0.4) is 0 Å². The Morgan fingerprint density at radius 1 is 1.36 bits per heavy atom. The number of halogens is 1. The van der Waals surface area contributed by atoms with E-state index in [1.807, 2.05) is 24.6 Å². The lowest BCUT2D eigenvalue weighted by Gasteiger charge is -2.05. The first-order valence-electron chi connectivity index (χ1n) is 6.90. The largest absolute Gasteiger partial charge is 0.462 e. The van der Waals surface area contributed by atoms with Crippen LogP contribution in [0.15, 0.2) is 22.8 Å². The number of carbonyl (C=O) groups excluding carboxylic acids is 2. The van der Waals surface area contributed by atoms with Crippen LogP contribution in [0.25, 0.3) is 0 Å². The molecule has 0 spiro atoms. The van der Waals surface area contributed by atoms with Crippen LogP contribution in [0.2, 0.25) is 0 Å². The zero-order valence-corrected chi connectivity index (χ0v) is 15.0. The number of hydrogen-bond acceptors (Lipinski definition) is 4. The van der Waals surface area contributed by atoms with Crippen molar-refractivity contribution in [3.05, 3.63) is 38.9 Å². The van der Waals surface area contributed by atoms with E-state index in [9.17, 15) is 9.59 Å². The van der Waals surface area contributed by atoms with Crippen molar-refractivity contribution in [3.8, 4) is 0 Å². The maximum atomic E-state index is 12.4. The number of carbonyl (C=O) groups is 2. The molecule has 0 aliphatic rings. The summed E-state index contributed by atoms with van der Waals surface area (Å²) >= 11 is 4.59. The fourth-order valence-corrected chi connectivity index (χ4v) is 3.47. The third-order valence-corrected chi connectivity index (χ3v) is 4.62. The average molecular weight is 385 g/mol. The zero-order chi connectivity index (χ0) is 16.3. The minimum atomic E-state index is -0.356. The number of nitrogens with one attached hydrogen (secondary N) is 1. The molecule has 0 bridgehead atoms. The molecule has 118 valence electrons. The van der Waals surface area contributed by atoms with Crippen LogP contribution in [0.5, 0.6) is 0 Å². The Hall–Kier alpha value is -1.60. The molecule has 0 aliphatic carbocycles. The first kappa shape index (κ1) is 16.8. The molecule has 2 aromatic heterocycles. The molecule has 0 unspecified atom stereocenters. The van der Waals surface area contributed by atoms with Gasteiger partial charge in [-0.2, -0.15) is 0 Å². The average Bonchev–Trinajstić information content (AvgIpc) is 3.02. The lowest BCUT2D eigenvalue weighted by molar-refractivity contribution is 0.0531. The first-order chi connectivity index (χ1) is 10.5. The number of anilines is 1. The van der Waals surface area contributed by atoms with Crippen molar-refractivity contribution in [3.63, 3.8) is 0 Å². The Kier molecular flexibility index (Phi) is 5.42. The molecule has 1 amide bonds. The Bertz CT molecular complexity index is 706. The fraction of sp³-hybridized carbons (Fsp3) is 0.333. The van der Waals surface area contributed by atoms with Gasteiger partial charge < -0.3 is 14.6 Å². The molecule has 0 saturated carbocycles. The molecule has 0 radical (unpaired) electrons. The Morgan fingerprint density at radius 3 is 2.73 bits per heavy atom. The van der Waals surface area contributed by atoms with Gasteiger partial charge in [0.05, 0.1) is 11.6 Å². The number of amides is 1. The van der Waals surface area contributed by atoms with Crippen molar-refractivity contribution >= 4 is 44.1 Å². The number of rotatable bonds is 5. The highest BCUT2D eigenvalue weighted by molar-refractivity contribution is 9.10. The fourth-order valence-electron chi connectivity index (χ4n) is 2.05. The van der Waals surface area contributed by atoms with Crippen molar-refractivity contribution < 1.29 is 14.3 Å². The lowest BCUT2D eigenvalue weighted by atomic mass is 10.3. The van der Waals surface area contributed by atoms with Gasteiger partial charge in [0.2, 0.25) is 0 Å². The predicted molar refractivity (Wildman–Crippen MR) is 90.8 cm³/mol. The maximum absolute atomic E-state index is 12.4. The number of nitrogens with zero attached hydrogens (tertiary/aromatic N) is 1. The van der Waals surface area contributed by atoms with Gasteiger partial charge in [0, 0.05) is 17.2 Å². The molecular weight excluding hydrogens is 368 g/mol. The number of thiophene rings is 1. The molecule has 5 nitrogen and oxygen atoms in total. The number of hydrogen-bond donors (Lipinski definition) is 1. The zero-order valence-electron chi connectivity index (χ0n) is 12.6. The van der Waals surface area contributed by atoms with Crippen LogP contribution < -0.4 is 5.32 Å². The van der Waals surface area contributed by atoms with Gasteiger partial charge >= 0.3 is 5.97 Å². The van der Waals surface area contributed by atoms with E-state index in [0.717, 1.165) is 10.0 Å². The monoisotopic (exact) mass is 384 g/mol. The Morgan fingerprint density at radius 2 is 2.09 bits per heavy atom. The van der Waals surface area contributed by atoms with Crippen LogP contribution in [0.4, 0.5) is 5.00 Å². The van der Waals surface area contributed by atoms with Crippen molar-refractivity contribution in [1.29, 1.82) is 0 Å². The molecule has 0 aliphatic heterocycles. The predicted octanol–water partition coefficient (Wildman–Crippen LogP) is 4.07. The van der Waals surface area contributed by atoms with Gasteiger partial charge in [0.25, 0.3) is 5.91 Å². The van der Waals surface area contributed by atoms with Crippen LogP contribution in [-0.4, -0.2) is 23.1 Å². The molecule has 0 fully saturated rings. The smallest absolute Gasteiger partial charge is 0.348 e. The van der Waals surface area contributed by atoms with Gasteiger partial charge in [-0.1, -0.05) is 0 Å². The summed E-state index contributed by atoms with van der Waals surface area (Å²) in [4.78, 5) is 24.7. The van der Waals surface area contributed by atoms with Crippen LogP contribution >= 0.6 is 27.3 Å². The summed E-state index contributed by atoms with van der Waals surface area (Å²) < 4.78 is 7.71. The molecule has 0 aromatic carbocycles. The highest BCUT2D eigenvalue weighted by atomic mass is 79.9. The van der Waals surface area contributed by atoms with E-state index < -0.39 is 0 Å². The van der Waals surface area contributed by atoms with Gasteiger partial charge in [-0.3, -0.25) is 4.79 Å². The summed E-state index contributed by atoms with van der Waals surface area (Å²) in [7, 11) is 0. The van der Waals surface area contributed by atoms with Gasteiger partial charge in [0.15, 0.2) is 0 Å². The second-order valence-electron chi connectivity index (χ2n) is 4.63. The molecule has 7 heteroatoms. The van der Waals surface area contributed by atoms with Gasteiger partial charge in [0.1, 0.15) is 10.6 Å². The summed E-state index contributed by atoms with van der Waals surface area (Å²) in [6.45, 7) is 6.59. The van der Waals surface area contributed by atoms with Crippen LogP contribution in [0, 0.1) is 6.92 Å². The van der Waals surface area contributed by atoms with E-state index in [2.05, 4.69) is 21.2 Å². The number of ether oxygens (including phenoxy) is 1. The molecule has 2 heterocycles. The minimum absolute atomic E-state index is 0.204. The lowest BCUT2D eigenvalue weighted by Crippen LogP contribution is -2.15. The van der Waals surface area contributed by atoms with Crippen molar-refractivity contribution in [1.82, 2.24) is 4.57 Å². The molecule has 0 atom stereocenters. The summed E-state index contributed by atoms with van der Waals surface area (Å²) in [6.07, 6.45) is 1.86. The highest BCUT2D eigenvalue weighted by Crippen LogP contribution is 2.28. The van der Waals surface area contributed by atoms with Gasteiger partial charge in [-0.05, 0) is 54.4 Å². The van der Waals surface area contributed by atoms with Crippen LogP contribution in [-0.2, 0) is 11.3 Å². The second-order valence-corrected chi connectivity index (χ2v) is 6.59. The third kappa shape index (κ3) is 3.59. The Labute approximate surface area is 141 Å². The minimum Gasteiger partial charge on any atom is -0.462 e. The Balaban J connectivity index is 2.18. The van der Waals surface area contributed by atoms with E-state index in [1.165, 1.54) is 11.3 Å². The maximum Gasteiger partial charge on any atom is 0.348 e. The third-order valence-electron chi connectivity index (χ3n) is 3.05. The van der Waals surface area contributed by atoms with Gasteiger partial charge in [-0.15, -0.1) is 11.3 Å². The SMILES string of the molecule is CCOC(=O)c1sc(NC(=O)c2cc(Br)cn2CC)cc1C. The summed E-state index contributed by atoms with van der Waals surface area (Å²) in [5, 5.41) is 3.46. The molecule has 2 aromatic rings. The summed E-state index contributed by atoms with van der Waals surface area (Å²) in [6, 6.07) is 3.55. The van der Waals surface area contributed by atoms with Gasteiger partial charge in [-0.25, -0.2) is 4.79 Å². The quantitative estimate of drug-likeness (QED) is 0.790. The van der Waals surface area contributed by atoms with E-state index in [1.54, 1.807) is 19.1 Å². The van der Waals surface area contributed by atoms with E-state index in [4.69, 9.17) is 4.74 Å². The molecule has 1 N–H and O–H groups in total. The molecule has 0 saturated heterocycles.